The van der Waals surface area contributed by atoms with Crippen molar-refractivity contribution in [3.05, 3.63) is 30.0 Å². The van der Waals surface area contributed by atoms with E-state index in [0.717, 1.165) is 17.2 Å². The summed E-state index contributed by atoms with van der Waals surface area (Å²) in [6, 6.07) is 7.38. The van der Waals surface area contributed by atoms with Crippen LogP contribution in [0, 0.1) is 0 Å². The normalized spacial score (nSPS) is 10.5. The highest BCUT2D eigenvalue weighted by atomic mass is 16.1. The molecule has 2 rings (SSSR count). The van der Waals surface area contributed by atoms with Crippen LogP contribution in [0.4, 0.5) is 0 Å². The van der Waals surface area contributed by atoms with Crippen LogP contribution in [0.15, 0.2) is 24.3 Å². The van der Waals surface area contributed by atoms with Crippen LogP contribution in [0.3, 0.4) is 0 Å². The molecule has 0 bridgehead atoms. The second-order valence-electron chi connectivity index (χ2n) is 3.27. The smallest absolute Gasteiger partial charge is 0.180 e. The molecule has 4 heteroatoms. The van der Waals surface area contributed by atoms with E-state index in [1.54, 1.807) is 4.68 Å². The number of para-hydroxylation sites is 1. The van der Waals surface area contributed by atoms with Crippen LogP contribution in [0.5, 0.6) is 0 Å². The van der Waals surface area contributed by atoms with Gasteiger partial charge in [-0.25, -0.2) is 0 Å². The van der Waals surface area contributed by atoms with Gasteiger partial charge in [0, 0.05) is 12.3 Å². The van der Waals surface area contributed by atoms with Gasteiger partial charge in [0.15, 0.2) is 5.78 Å². The first-order valence-electron chi connectivity index (χ1n) is 4.64. The summed E-state index contributed by atoms with van der Waals surface area (Å²) < 4.78 is 1.54. The monoisotopic (exact) mass is 202 g/mol. The van der Waals surface area contributed by atoms with Crippen molar-refractivity contribution >= 4 is 23.0 Å². The number of ketones is 1. The molecule has 0 spiro atoms. The molecule has 4 nitrogen and oxygen atoms in total. The summed E-state index contributed by atoms with van der Waals surface area (Å²) >= 11 is 0. The van der Waals surface area contributed by atoms with Crippen molar-refractivity contribution in [1.29, 1.82) is 0 Å². The van der Waals surface area contributed by atoms with Crippen LogP contribution in [0.2, 0.25) is 0 Å². The Morgan fingerprint density at radius 2 is 2.20 bits per heavy atom. The zero-order valence-electron chi connectivity index (χ0n) is 8.30. The molecule has 1 aromatic heterocycles. The third-order valence-corrected chi connectivity index (χ3v) is 2.24. The Morgan fingerprint density at radius 3 is 2.87 bits per heavy atom. The fourth-order valence-corrected chi connectivity index (χ4v) is 1.60. The average Bonchev–Trinajstić information content (AvgIpc) is 2.59. The molecule has 0 aliphatic heterocycles. The maximum absolute atomic E-state index is 11.3. The van der Waals surface area contributed by atoms with E-state index in [9.17, 15) is 9.59 Å². The fourth-order valence-electron chi connectivity index (χ4n) is 1.60. The van der Waals surface area contributed by atoms with E-state index in [0.29, 0.717) is 5.69 Å². The minimum absolute atomic E-state index is 0.0872. The molecular formula is C11H10N2O2. The van der Waals surface area contributed by atoms with Gasteiger partial charge in [-0.2, -0.15) is 5.10 Å². The molecule has 15 heavy (non-hydrogen) atoms. The van der Waals surface area contributed by atoms with Crippen LogP contribution in [0.25, 0.3) is 10.9 Å². The minimum atomic E-state index is -0.0872. The lowest BCUT2D eigenvalue weighted by Gasteiger charge is -1.94. The SMILES string of the molecule is CC(=O)c1nn(CC=O)c2ccccc12. The van der Waals surface area contributed by atoms with Gasteiger partial charge in [-0.1, -0.05) is 18.2 Å². The number of nitrogens with zero attached hydrogens (tertiary/aromatic N) is 2. The first kappa shape index (κ1) is 9.58. The van der Waals surface area contributed by atoms with Crippen molar-refractivity contribution in [2.75, 3.05) is 0 Å². The molecule has 1 aromatic carbocycles. The van der Waals surface area contributed by atoms with Crippen molar-refractivity contribution in [2.24, 2.45) is 0 Å². The number of hydrogen-bond acceptors (Lipinski definition) is 3. The molecule has 0 saturated heterocycles. The predicted octanol–water partition coefficient (Wildman–Crippen LogP) is 1.44. The van der Waals surface area contributed by atoms with Gasteiger partial charge in [0.05, 0.1) is 12.1 Å². The van der Waals surface area contributed by atoms with Crippen LogP contribution in [0.1, 0.15) is 17.4 Å². The summed E-state index contributed by atoms with van der Waals surface area (Å²) in [5, 5.41) is 4.91. The number of fused-ring (bicyclic) bond motifs is 1. The lowest BCUT2D eigenvalue weighted by molar-refractivity contribution is -0.108. The molecule has 0 radical (unpaired) electrons. The van der Waals surface area contributed by atoms with Gasteiger partial charge < -0.3 is 4.79 Å². The van der Waals surface area contributed by atoms with Gasteiger partial charge in [0.1, 0.15) is 12.0 Å². The Balaban J connectivity index is 2.72. The first-order valence-corrected chi connectivity index (χ1v) is 4.64. The summed E-state index contributed by atoms with van der Waals surface area (Å²) in [6.45, 7) is 1.65. The molecule has 0 aliphatic rings. The number of rotatable bonds is 3. The van der Waals surface area contributed by atoms with Gasteiger partial charge in [0.2, 0.25) is 0 Å². The maximum Gasteiger partial charge on any atom is 0.180 e. The van der Waals surface area contributed by atoms with E-state index in [-0.39, 0.29) is 12.3 Å². The van der Waals surface area contributed by atoms with Gasteiger partial charge >= 0.3 is 0 Å². The second kappa shape index (κ2) is 3.65. The lowest BCUT2D eigenvalue weighted by Crippen LogP contribution is -2.02. The highest BCUT2D eigenvalue weighted by Crippen LogP contribution is 2.18. The van der Waals surface area contributed by atoms with Crippen molar-refractivity contribution < 1.29 is 9.59 Å². The zero-order chi connectivity index (χ0) is 10.8. The maximum atomic E-state index is 11.3. The van der Waals surface area contributed by atoms with Crippen molar-refractivity contribution in [3.8, 4) is 0 Å². The summed E-state index contributed by atoms with van der Waals surface area (Å²) in [5.74, 6) is -0.0872. The largest absolute Gasteiger partial charge is 0.301 e. The number of carbonyl (C=O) groups is 2. The molecule has 0 unspecified atom stereocenters. The van der Waals surface area contributed by atoms with Crippen molar-refractivity contribution in [3.63, 3.8) is 0 Å². The molecule has 0 amide bonds. The van der Waals surface area contributed by atoms with Crippen molar-refractivity contribution in [2.45, 2.75) is 13.5 Å². The number of aldehydes is 1. The van der Waals surface area contributed by atoms with Gasteiger partial charge in [-0.15, -0.1) is 0 Å². The molecule has 0 aliphatic carbocycles. The first-order chi connectivity index (χ1) is 7.24. The minimum Gasteiger partial charge on any atom is -0.301 e. The summed E-state index contributed by atoms with van der Waals surface area (Å²) in [7, 11) is 0. The Morgan fingerprint density at radius 1 is 1.47 bits per heavy atom. The molecule has 0 fully saturated rings. The number of aromatic nitrogens is 2. The van der Waals surface area contributed by atoms with Gasteiger partial charge in [-0.05, 0) is 6.07 Å². The molecule has 0 saturated carbocycles. The summed E-state index contributed by atoms with van der Waals surface area (Å²) in [4.78, 5) is 21.8. The van der Waals surface area contributed by atoms with Crippen LogP contribution >= 0.6 is 0 Å². The number of Topliss-reactive ketones (excluding diaryl/α,β-unsaturated/α-hetero) is 1. The highest BCUT2D eigenvalue weighted by Gasteiger charge is 2.12. The zero-order valence-corrected chi connectivity index (χ0v) is 8.30. The molecule has 0 atom stereocenters. The molecule has 1 heterocycles. The fraction of sp³-hybridized carbons (Fsp3) is 0.182. The predicted molar refractivity (Wildman–Crippen MR) is 55.8 cm³/mol. The summed E-state index contributed by atoms with van der Waals surface area (Å²) in [6.07, 6.45) is 0.767. The van der Waals surface area contributed by atoms with E-state index in [1.807, 2.05) is 24.3 Å². The summed E-state index contributed by atoms with van der Waals surface area (Å²) in [5.41, 5.74) is 1.24. The van der Waals surface area contributed by atoms with E-state index in [1.165, 1.54) is 6.92 Å². The lowest BCUT2D eigenvalue weighted by atomic mass is 10.2. The Bertz CT molecular complexity index is 528. The van der Waals surface area contributed by atoms with Crippen LogP contribution in [-0.2, 0) is 11.3 Å². The van der Waals surface area contributed by atoms with E-state index < -0.39 is 0 Å². The Hall–Kier alpha value is -1.97. The van der Waals surface area contributed by atoms with Crippen molar-refractivity contribution in [1.82, 2.24) is 9.78 Å². The van der Waals surface area contributed by atoms with Gasteiger partial charge in [0.25, 0.3) is 0 Å². The average molecular weight is 202 g/mol. The van der Waals surface area contributed by atoms with Crippen LogP contribution in [-0.4, -0.2) is 21.8 Å². The molecular weight excluding hydrogens is 192 g/mol. The van der Waals surface area contributed by atoms with E-state index in [4.69, 9.17) is 0 Å². The molecule has 76 valence electrons. The number of benzene rings is 1. The number of hydrogen-bond donors (Lipinski definition) is 0. The Labute approximate surface area is 86.5 Å². The third-order valence-electron chi connectivity index (χ3n) is 2.24. The molecule has 0 N–H and O–H groups in total. The van der Waals surface area contributed by atoms with E-state index in [2.05, 4.69) is 5.10 Å². The van der Waals surface area contributed by atoms with Crippen LogP contribution < -0.4 is 0 Å². The standard InChI is InChI=1S/C11H10N2O2/c1-8(15)11-9-4-2-3-5-10(9)13(12-11)6-7-14/h2-5,7H,6H2,1H3. The van der Waals surface area contributed by atoms with E-state index >= 15 is 0 Å². The number of carbonyl (C=O) groups excluding carboxylic acids is 2. The third kappa shape index (κ3) is 1.54. The van der Waals surface area contributed by atoms with Gasteiger partial charge in [-0.3, -0.25) is 9.48 Å². The quantitative estimate of drug-likeness (QED) is 0.559. The highest BCUT2D eigenvalue weighted by molar-refractivity contribution is 6.04. The topological polar surface area (TPSA) is 52.0 Å². The molecule has 2 aromatic rings. The Kier molecular flexibility index (Phi) is 2.33. The second-order valence-corrected chi connectivity index (χ2v) is 3.27.